The van der Waals surface area contributed by atoms with Gasteiger partial charge in [-0.05, 0) is 49.7 Å². The normalized spacial score (nSPS) is 14.4. The molecule has 0 saturated carbocycles. The summed E-state index contributed by atoms with van der Waals surface area (Å²) in [5.74, 6) is 0.204. The smallest absolute Gasteiger partial charge is 0.323 e. The van der Waals surface area contributed by atoms with Crippen molar-refractivity contribution in [3.63, 3.8) is 0 Å². The van der Waals surface area contributed by atoms with Crippen LogP contribution in [0.15, 0.2) is 48.1 Å². The lowest BCUT2D eigenvalue weighted by atomic mass is 10.1. The Morgan fingerprint density at radius 2 is 2.05 bits per heavy atom. The third kappa shape index (κ3) is 5.05. The highest BCUT2D eigenvalue weighted by molar-refractivity contribution is 7.13. The van der Waals surface area contributed by atoms with Crippen LogP contribution in [0.5, 0.6) is 0 Å². The van der Waals surface area contributed by atoms with Crippen molar-refractivity contribution in [3.8, 4) is 21.8 Å². The number of carbonyl (C=O) groups excluding carboxylic acids is 2. The van der Waals surface area contributed by atoms with Gasteiger partial charge in [-0.3, -0.25) is 14.6 Å². The number of rotatable bonds is 9. The minimum atomic E-state index is -0.232. The summed E-state index contributed by atoms with van der Waals surface area (Å²) in [5.41, 5.74) is 3.11. The maximum atomic E-state index is 13.3. The molecule has 0 bridgehead atoms. The highest BCUT2D eigenvalue weighted by Gasteiger charge is 2.25. The van der Waals surface area contributed by atoms with E-state index in [4.69, 9.17) is 9.97 Å². The number of thiophene rings is 1. The Labute approximate surface area is 219 Å². The monoisotopic (exact) mass is 518 g/mol. The Kier molecular flexibility index (Phi) is 7.15. The van der Waals surface area contributed by atoms with Crippen molar-refractivity contribution in [2.24, 2.45) is 0 Å². The van der Waals surface area contributed by atoms with Crippen LogP contribution in [-0.2, 0) is 0 Å². The lowest BCUT2D eigenvalue weighted by Gasteiger charge is -2.26. The zero-order valence-electron chi connectivity index (χ0n) is 21.1. The molecule has 5 heterocycles. The third-order valence-electron chi connectivity index (χ3n) is 6.62. The van der Waals surface area contributed by atoms with Crippen LogP contribution >= 0.6 is 11.3 Å². The van der Waals surface area contributed by atoms with Crippen molar-refractivity contribution in [2.75, 3.05) is 37.6 Å². The topological polar surface area (TPSA) is 108 Å². The number of fused-ring (bicyclic) bond motifs is 1. The number of nitrogens with one attached hydrogen (secondary N) is 2. The standard InChI is InChI=1S/C26H30N8O2S/c1-4-32(5-2)17(3)15-28-25(35)18-13-21(30-23(14-18)33-11-9-27-26(33)36)19-16-29-34-10-8-20(31-24(19)34)22-7-6-12-37-22/h6-8,10,12-14,16-17H,4-5,9,11,15H2,1-3H3,(H,27,36)(H,28,35)/t17-/m0/s1. The molecular weight excluding hydrogens is 488 g/mol. The van der Waals surface area contributed by atoms with E-state index >= 15 is 0 Å². The van der Waals surface area contributed by atoms with Crippen LogP contribution in [0.25, 0.3) is 27.5 Å². The zero-order chi connectivity index (χ0) is 25.9. The zero-order valence-corrected chi connectivity index (χ0v) is 22.0. The van der Waals surface area contributed by atoms with Crippen LogP contribution in [0.4, 0.5) is 10.6 Å². The second kappa shape index (κ2) is 10.7. The van der Waals surface area contributed by atoms with Gasteiger partial charge >= 0.3 is 6.03 Å². The van der Waals surface area contributed by atoms with Crippen molar-refractivity contribution in [1.29, 1.82) is 0 Å². The van der Waals surface area contributed by atoms with Gasteiger partial charge in [0.15, 0.2) is 5.65 Å². The Hall–Kier alpha value is -3.83. The molecule has 4 aromatic rings. The van der Waals surface area contributed by atoms with Crippen LogP contribution in [0.3, 0.4) is 0 Å². The molecule has 192 valence electrons. The first-order chi connectivity index (χ1) is 18.0. The van der Waals surface area contributed by atoms with Crippen molar-refractivity contribution in [2.45, 2.75) is 26.8 Å². The van der Waals surface area contributed by atoms with E-state index in [-0.39, 0.29) is 18.0 Å². The van der Waals surface area contributed by atoms with Gasteiger partial charge in [0, 0.05) is 37.4 Å². The number of anilines is 1. The first-order valence-electron chi connectivity index (χ1n) is 12.5. The molecule has 5 rings (SSSR count). The second-order valence-electron chi connectivity index (χ2n) is 8.88. The SMILES string of the molecule is CCN(CC)[C@@H](C)CNC(=O)c1cc(-c2cnn3ccc(-c4cccs4)nc23)nc(N2CCNC2=O)c1. The summed E-state index contributed by atoms with van der Waals surface area (Å²) in [7, 11) is 0. The lowest BCUT2D eigenvalue weighted by Crippen LogP contribution is -2.42. The number of aromatic nitrogens is 4. The van der Waals surface area contributed by atoms with Gasteiger partial charge in [0.05, 0.1) is 28.0 Å². The highest BCUT2D eigenvalue weighted by atomic mass is 32.1. The fourth-order valence-electron chi connectivity index (χ4n) is 4.54. The molecule has 0 unspecified atom stereocenters. The number of urea groups is 1. The van der Waals surface area contributed by atoms with Gasteiger partial charge in [-0.2, -0.15) is 5.10 Å². The molecule has 2 N–H and O–H groups in total. The molecule has 0 spiro atoms. The summed E-state index contributed by atoms with van der Waals surface area (Å²) in [6.07, 6.45) is 3.56. The molecule has 3 amide bonds. The number of likely N-dealkylation sites (N-methyl/N-ethyl adjacent to an activating group) is 1. The number of hydrogen-bond acceptors (Lipinski definition) is 7. The summed E-state index contributed by atoms with van der Waals surface area (Å²) < 4.78 is 1.69. The van der Waals surface area contributed by atoms with Gasteiger partial charge in [0.2, 0.25) is 0 Å². The molecule has 37 heavy (non-hydrogen) atoms. The van der Waals surface area contributed by atoms with Crippen molar-refractivity contribution in [3.05, 3.63) is 53.7 Å². The third-order valence-corrected chi connectivity index (χ3v) is 7.51. The fourth-order valence-corrected chi connectivity index (χ4v) is 5.24. The number of carbonyl (C=O) groups is 2. The predicted octanol–water partition coefficient (Wildman–Crippen LogP) is 3.51. The van der Waals surface area contributed by atoms with Gasteiger partial charge in [-0.1, -0.05) is 19.9 Å². The van der Waals surface area contributed by atoms with E-state index < -0.39 is 0 Å². The van der Waals surface area contributed by atoms with Crippen LogP contribution in [0, 0.1) is 0 Å². The maximum Gasteiger partial charge on any atom is 0.323 e. The first-order valence-corrected chi connectivity index (χ1v) is 13.3. The predicted molar refractivity (Wildman–Crippen MR) is 145 cm³/mol. The van der Waals surface area contributed by atoms with E-state index in [9.17, 15) is 9.59 Å². The molecule has 11 heteroatoms. The van der Waals surface area contributed by atoms with Crippen molar-refractivity contribution < 1.29 is 9.59 Å². The van der Waals surface area contributed by atoms with Gasteiger partial charge in [0.25, 0.3) is 5.91 Å². The van der Waals surface area contributed by atoms with E-state index in [1.807, 2.05) is 29.8 Å². The molecule has 10 nitrogen and oxygen atoms in total. The molecule has 0 aromatic carbocycles. The summed E-state index contributed by atoms with van der Waals surface area (Å²) in [6.45, 7) is 9.66. The van der Waals surface area contributed by atoms with Crippen LogP contribution in [0.1, 0.15) is 31.1 Å². The summed E-state index contributed by atoms with van der Waals surface area (Å²) in [6, 6.07) is 9.30. The molecule has 1 aliphatic heterocycles. The van der Waals surface area contributed by atoms with Crippen LogP contribution in [0.2, 0.25) is 0 Å². The summed E-state index contributed by atoms with van der Waals surface area (Å²) >= 11 is 1.61. The number of hydrogen-bond donors (Lipinski definition) is 2. The largest absolute Gasteiger partial charge is 0.350 e. The average molecular weight is 519 g/mol. The quantitative estimate of drug-likeness (QED) is 0.351. The van der Waals surface area contributed by atoms with E-state index in [0.29, 0.717) is 47.9 Å². The Morgan fingerprint density at radius 3 is 2.76 bits per heavy atom. The molecule has 1 atom stereocenters. The number of pyridine rings is 1. The minimum Gasteiger partial charge on any atom is -0.350 e. The Balaban J connectivity index is 1.52. The molecule has 0 aliphatic carbocycles. The molecule has 1 aliphatic rings. The average Bonchev–Trinajstić information content (AvgIpc) is 3.68. The minimum absolute atomic E-state index is 0.198. The van der Waals surface area contributed by atoms with E-state index in [0.717, 1.165) is 23.7 Å². The van der Waals surface area contributed by atoms with Crippen molar-refractivity contribution in [1.82, 2.24) is 35.1 Å². The fraction of sp³-hybridized carbons (Fsp3) is 0.346. The summed E-state index contributed by atoms with van der Waals surface area (Å²) in [5, 5.41) is 12.3. The summed E-state index contributed by atoms with van der Waals surface area (Å²) in [4.78, 5) is 40.2. The van der Waals surface area contributed by atoms with Crippen LogP contribution < -0.4 is 15.5 Å². The van der Waals surface area contributed by atoms with Gasteiger partial charge in [0.1, 0.15) is 5.82 Å². The highest BCUT2D eigenvalue weighted by Crippen LogP contribution is 2.29. The van der Waals surface area contributed by atoms with Crippen LogP contribution in [-0.4, -0.2) is 75.2 Å². The first kappa shape index (κ1) is 24.8. The number of amides is 3. The van der Waals surface area contributed by atoms with E-state index in [1.54, 1.807) is 39.1 Å². The van der Waals surface area contributed by atoms with Crippen molar-refractivity contribution >= 4 is 34.7 Å². The van der Waals surface area contributed by atoms with Gasteiger partial charge < -0.3 is 10.6 Å². The van der Waals surface area contributed by atoms with E-state index in [2.05, 4.69) is 41.4 Å². The molecule has 1 saturated heterocycles. The second-order valence-corrected chi connectivity index (χ2v) is 9.83. The van der Waals surface area contributed by atoms with Gasteiger partial charge in [-0.25, -0.2) is 19.3 Å². The maximum absolute atomic E-state index is 13.3. The Morgan fingerprint density at radius 1 is 1.22 bits per heavy atom. The number of nitrogens with zero attached hydrogens (tertiary/aromatic N) is 6. The molecule has 1 fully saturated rings. The Bertz CT molecular complexity index is 1410. The molecule has 0 radical (unpaired) electrons. The van der Waals surface area contributed by atoms with E-state index in [1.165, 1.54) is 0 Å². The lowest BCUT2D eigenvalue weighted by molar-refractivity contribution is 0.0938. The van der Waals surface area contributed by atoms with Gasteiger partial charge in [-0.15, -0.1) is 11.3 Å². The molecule has 4 aromatic heterocycles. The molecular formula is C26H30N8O2S.